The fourth-order valence-corrected chi connectivity index (χ4v) is 1.93. The van der Waals surface area contributed by atoms with Crippen molar-refractivity contribution in [3.63, 3.8) is 0 Å². The van der Waals surface area contributed by atoms with E-state index in [2.05, 4.69) is 25.7 Å². The van der Waals surface area contributed by atoms with Gasteiger partial charge in [-0.05, 0) is 18.2 Å². The molecule has 0 radical (unpaired) electrons. The molecule has 0 saturated heterocycles. The molecule has 0 unspecified atom stereocenters. The molecule has 2 amide bonds. The van der Waals surface area contributed by atoms with Gasteiger partial charge in [0.15, 0.2) is 11.5 Å². The van der Waals surface area contributed by atoms with Crippen LogP contribution in [0.2, 0.25) is 0 Å². The molecular formula is C14H14N6O2. The average Bonchev–Trinajstić information content (AvgIpc) is 2.96. The monoisotopic (exact) mass is 298 g/mol. The predicted molar refractivity (Wildman–Crippen MR) is 80.8 cm³/mol. The SMILES string of the molecule is CNC(=O)Nc1cn2nc(-c3ccc(OC)nc3)ccc2n1. The number of methoxy groups -OCH3 is 1. The first-order valence-electron chi connectivity index (χ1n) is 6.55. The van der Waals surface area contributed by atoms with E-state index in [1.807, 2.05) is 18.2 Å². The summed E-state index contributed by atoms with van der Waals surface area (Å²) < 4.78 is 6.64. The number of hydrogen-bond donors (Lipinski definition) is 2. The summed E-state index contributed by atoms with van der Waals surface area (Å²) in [6, 6.07) is 6.98. The van der Waals surface area contributed by atoms with Crippen LogP contribution in [0.3, 0.4) is 0 Å². The lowest BCUT2D eigenvalue weighted by Crippen LogP contribution is -2.24. The Bertz CT molecular complexity index is 812. The average molecular weight is 298 g/mol. The fourth-order valence-electron chi connectivity index (χ4n) is 1.93. The van der Waals surface area contributed by atoms with Gasteiger partial charge in [0.05, 0.1) is 19.0 Å². The number of fused-ring (bicyclic) bond motifs is 1. The lowest BCUT2D eigenvalue weighted by atomic mass is 10.2. The molecule has 3 aromatic heterocycles. The summed E-state index contributed by atoms with van der Waals surface area (Å²) in [5.41, 5.74) is 2.24. The molecule has 0 atom stereocenters. The van der Waals surface area contributed by atoms with Gasteiger partial charge in [-0.15, -0.1) is 0 Å². The molecule has 0 fully saturated rings. The summed E-state index contributed by atoms with van der Waals surface area (Å²) in [5.74, 6) is 0.973. The Balaban J connectivity index is 1.93. The third kappa shape index (κ3) is 2.66. The first kappa shape index (κ1) is 13.8. The number of amides is 2. The summed E-state index contributed by atoms with van der Waals surface area (Å²) in [6.07, 6.45) is 3.33. The number of anilines is 1. The number of rotatable bonds is 3. The van der Waals surface area contributed by atoms with E-state index in [0.717, 1.165) is 11.3 Å². The number of nitrogens with zero attached hydrogens (tertiary/aromatic N) is 4. The van der Waals surface area contributed by atoms with E-state index in [1.165, 1.54) is 7.05 Å². The highest BCUT2D eigenvalue weighted by Gasteiger charge is 2.07. The zero-order valence-electron chi connectivity index (χ0n) is 12.1. The first-order chi connectivity index (χ1) is 10.7. The van der Waals surface area contributed by atoms with E-state index in [4.69, 9.17) is 4.74 Å². The molecule has 0 aliphatic heterocycles. The Hall–Kier alpha value is -3.16. The third-order valence-corrected chi connectivity index (χ3v) is 3.03. The van der Waals surface area contributed by atoms with Crippen LogP contribution in [-0.4, -0.2) is 39.8 Å². The summed E-state index contributed by atoms with van der Waals surface area (Å²) in [5, 5.41) is 9.53. The van der Waals surface area contributed by atoms with E-state index in [1.54, 1.807) is 30.1 Å². The molecule has 2 N–H and O–H groups in total. The highest BCUT2D eigenvalue weighted by atomic mass is 16.5. The van der Waals surface area contributed by atoms with Crippen LogP contribution in [0.25, 0.3) is 16.9 Å². The molecule has 3 aromatic rings. The lowest BCUT2D eigenvalue weighted by molar-refractivity contribution is 0.254. The van der Waals surface area contributed by atoms with E-state index < -0.39 is 0 Å². The molecule has 0 aliphatic rings. The van der Waals surface area contributed by atoms with Crippen molar-refractivity contribution in [3.05, 3.63) is 36.7 Å². The Morgan fingerprint density at radius 2 is 2.14 bits per heavy atom. The van der Waals surface area contributed by atoms with Crippen molar-refractivity contribution >= 4 is 17.5 Å². The molecule has 0 saturated carbocycles. The second kappa shape index (κ2) is 5.68. The number of imidazole rings is 1. The fraction of sp³-hybridized carbons (Fsp3) is 0.143. The molecule has 0 spiro atoms. The van der Waals surface area contributed by atoms with Gasteiger partial charge in [-0.25, -0.2) is 19.3 Å². The number of carbonyl (C=O) groups is 1. The van der Waals surface area contributed by atoms with Crippen molar-refractivity contribution < 1.29 is 9.53 Å². The van der Waals surface area contributed by atoms with Crippen molar-refractivity contribution in [2.24, 2.45) is 0 Å². The minimum absolute atomic E-state index is 0.331. The number of aromatic nitrogens is 4. The van der Waals surface area contributed by atoms with Gasteiger partial charge < -0.3 is 10.1 Å². The molecule has 3 rings (SSSR count). The van der Waals surface area contributed by atoms with Crippen LogP contribution in [0, 0.1) is 0 Å². The third-order valence-electron chi connectivity index (χ3n) is 3.03. The topological polar surface area (TPSA) is 93.4 Å². The smallest absolute Gasteiger partial charge is 0.320 e. The number of hydrogen-bond acceptors (Lipinski definition) is 5. The number of pyridine rings is 1. The van der Waals surface area contributed by atoms with Crippen molar-refractivity contribution in [2.45, 2.75) is 0 Å². The van der Waals surface area contributed by atoms with Crippen LogP contribution in [-0.2, 0) is 0 Å². The molecular weight excluding hydrogens is 284 g/mol. The number of urea groups is 1. The zero-order chi connectivity index (χ0) is 15.5. The quantitative estimate of drug-likeness (QED) is 0.765. The second-order valence-electron chi connectivity index (χ2n) is 4.44. The van der Waals surface area contributed by atoms with Gasteiger partial charge in [0, 0.05) is 24.9 Å². The van der Waals surface area contributed by atoms with E-state index in [9.17, 15) is 4.79 Å². The maximum atomic E-state index is 11.3. The van der Waals surface area contributed by atoms with E-state index in [0.29, 0.717) is 17.3 Å². The molecule has 8 heteroatoms. The van der Waals surface area contributed by atoms with Gasteiger partial charge in [-0.2, -0.15) is 5.10 Å². The Morgan fingerprint density at radius 1 is 1.27 bits per heavy atom. The number of ether oxygens (including phenoxy) is 1. The van der Waals surface area contributed by atoms with Crippen LogP contribution in [0.4, 0.5) is 10.6 Å². The zero-order valence-corrected chi connectivity index (χ0v) is 12.1. The van der Waals surface area contributed by atoms with E-state index >= 15 is 0 Å². The lowest BCUT2D eigenvalue weighted by Gasteiger charge is -2.02. The molecule has 112 valence electrons. The minimum Gasteiger partial charge on any atom is -0.481 e. The first-order valence-corrected chi connectivity index (χ1v) is 6.55. The molecule has 0 aliphatic carbocycles. The molecule has 0 bridgehead atoms. The van der Waals surface area contributed by atoms with Crippen molar-refractivity contribution in [3.8, 4) is 17.1 Å². The van der Waals surface area contributed by atoms with Gasteiger partial charge in [-0.1, -0.05) is 0 Å². The largest absolute Gasteiger partial charge is 0.481 e. The second-order valence-corrected chi connectivity index (χ2v) is 4.44. The highest BCUT2D eigenvalue weighted by molar-refractivity contribution is 5.88. The maximum absolute atomic E-state index is 11.3. The Kier molecular flexibility index (Phi) is 3.57. The van der Waals surface area contributed by atoms with Crippen LogP contribution < -0.4 is 15.4 Å². The summed E-state index contributed by atoms with van der Waals surface area (Å²) in [6.45, 7) is 0. The molecule has 22 heavy (non-hydrogen) atoms. The summed E-state index contributed by atoms with van der Waals surface area (Å²) >= 11 is 0. The van der Waals surface area contributed by atoms with Gasteiger partial charge in [-0.3, -0.25) is 5.32 Å². The van der Waals surface area contributed by atoms with Crippen molar-refractivity contribution in [1.29, 1.82) is 0 Å². The normalized spacial score (nSPS) is 10.5. The minimum atomic E-state index is -0.331. The summed E-state index contributed by atoms with van der Waals surface area (Å²) in [7, 11) is 3.11. The molecule has 0 aromatic carbocycles. The van der Waals surface area contributed by atoms with Crippen LogP contribution in [0.5, 0.6) is 5.88 Å². The van der Waals surface area contributed by atoms with Gasteiger partial charge in [0.25, 0.3) is 0 Å². The van der Waals surface area contributed by atoms with Gasteiger partial charge in [0.1, 0.15) is 0 Å². The number of carbonyl (C=O) groups excluding carboxylic acids is 1. The van der Waals surface area contributed by atoms with Crippen LogP contribution in [0.1, 0.15) is 0 Å². The Labute approximate surface area is 126 Å². The van der Waals surface area contributed by atoms with Crippen LogP contribution >= 0.6 is 0 Å². The van der Waals surface area contributed by atoms with Crippen molar-refractivity contribution in [2.75, 3.05) is 19.5 Å². The van der Waals surface area contributed by atoms with Crippen LogP contribution in [0.15, 0.2) is 36.7 Å². The summed E-state index contributed by atoms with van der Waals surface area (Å²) in [4.78, 5) is 19.7. The van der Waals surface area contributed by atoms with E-state index in [-0.39, 0.29) is 6.03 Å². The number of nitrogens with one attached hydrogen (secondary N) is 2. The molecule has 8 nitrogen and oxygen atoms in total. The van der Waals surface area contributed by atoms with Crippen molar-refractivity contribution in [1.82, 2.24) is 24.9 Å². The molecule has 3 heterocycles. The Morgan fingerprint density at radius 3 is 2.82 bits per heavy atom. The standard InChI is InChI=1S/C14H14N6O2/c1-15-14(21)18-11-8-20-12(17-11)5-4-10(19-20)9-3-6-13(22-2)16-7-9/h3-8H,1-2H3,(H2,15,18,21). The highest BCUT2D eigenvalue weighted by Crippen LogP contribution is 2.19. The van der Waals surface area contributed by atoms with Gasteiger partial charge in [0.2, 0.25) is 5.88 Å². The van der Waals surface area contributed by atoms with Gasteiger partial charge >= 0.3 is 6.03 Å². The predicted octanol–water partition coefficient (Wildman–Crippen LogP) is 1.55. The maximum Gasteiger partial charge on any atom is 0.320 e.